The van der Waals surface area contributed by atoms with Gasteiger partial charge in [-0.25, -0.2) is 0 Å². The van der Waals surface area contributed by atoms with Gasteiger partial charge < -0.3 is 20.5 Å². The summed E-state index contributed by atoms with van der Waals surface area (Å²) in [5.41, 5.74) is -0.865. The van der Waals surface area contributed by atoms with E-state index < -0.39 is 5.60 Å². The fraction of sp³-hybridized carbons (Fsp3) is 0.917. The minimum atomic E-state index is -0.865. The quantitative estimate of drug-likeness (QED) is 0.574. The Morgan fingerprint density at radius 2 is 2.33 bits per heavy atom. The second-order valence-corrected chi connectivity index (χ2v) is 5.18. The largest absolute Gasteiger partial charge is 0.386 e. The fourth-order valence-electron chi connectivity index (χ4n) is 2.32. The van der Waals surface area contributed by atoms with Crippen molar-refractivity contribution in [3.05, 3.63) is 0 Å². The molecule has 0 aromatic rings. The van der Waals surface area contributed by atoms with Gasteiger partial charge in [-0.15, -0.1) is 0 Å². The lowest BCUT2D eigenvalue weighted by atomic mass is 10.0. The summed E-state index contributed by atoms with van der Waals surface area (Å²) in [6, 6.07) is 0. The molecule has 1 atom stereocenters. The van der Waals surface area contributed by atoms with E-state index in [1.807, 2.05) is 0 Å². The van der Waals surface area contributed by atoms with E-state index in [0.29, 0.717) is 26.2 Å². The zero-order valence-electron chi connectivity index (χ0n) is 10.8. The van der Waals surface area contributed by atoms with Crippen LogP contribution in [0.4, 0.5) is 0 Å². The number of ether oxygens (including phenoxy) is 1. The summed E-state index contributed by atoms with van der Waals surface area (Å²) in [6.45, 7) is 5.41. The van der Waals surface area contributed by atoms with Crippen molar-refractivity contribution < 1.29 is 14.6 Å². The van der Waals surface area contributed by atoms with Crippen LogP contribution in [0.1, 0.15) is 12.8 Å². The number of hydrogen-bond acceptors (Lipinski definition) is 5. The molecule has 1 amide bonds. The van der Waals surface area contributed by atoms with Crippen molar-refractivity contribution in [3.63, 3.8) is 0 Å². The van der Waals surface area contributed by atoms with Crippen molar-refractivity contribution in [3.8, 4) is 0 Å². The second-order valence-electron chi connectivity index (χ2n) is 5.18. The monoisotopic (exact) mass is 257 g/mol. The maximum atomic E-state index is 11.8. The highest BCUT2D eigenvalue weighted by atomic mass is 16.5. The molecule has 0 aromatic heterocycles. The zero-order valence-corrected chi connectivity index (χ0v) is 10.8. The molecule has 6 nitrogen and oxygen atoms in total. The summed E-state index contributed by atoms with van der Waals surface area (Å²) < 4.78 is 5.14. The first-order valence-electron chi connectivity index (χ1n) is 6.68. The third-order valence-electron chi connectivity index (χ3n) is 3.50. The van der Waals surface area contributed by atoms with Gasteiger partial charge in [-0.1, -0.05) is 0 Å². The van der Waals surface area contributed by atoms with Gasteiger partial charge in [-0.05, 0) is 19.5 Å². The van der Waals surface area contributed by atoms with Crippen LogP contribution in [0.2, 0.25) is 0 Å². The van der Waals surface area contributed by atoms with Gasteiger partial charge in [0.2, 0.25) is 5.91 Å². The highest BCUT2D eigenvalue weighted by Crippen LogP contribution is 2.16. The molecule has 2 heterocycles. The van der Waals surface area contributed by atoms with Crippen molar-refractivity contribution >= 4 is 5.91 Å². The Kier molecular flexibility index (Phi) is 4.94. The van der Waals surface area contributed by atoms with Crippen molar-refractivity contribution in [2.24, 2.45) is 0 Å². The van der Waals surface area contributed by atoms with Crippen LogP contribution in [-0.2, 0) is 9.53 Å². The number of rotatable bonds is 4. The Labute approximate surface area is 108 Å². The summed E-state index contributed by atoms with van der Waals surface area (Å²) in [4.78, 5) is 13.9. The molecule has 2 fully saturated rings. The van der Waals surface area contributed by atoms with Gasteiger partial charge in [0.25, 0.3) is 0 Å². The molecule has 0 bridgehead atoms. The van der Waals surface area contributed by atoms with E-state index in [-0.39, 0.29) is 12.5 Å². The Balaban J connectivity index is 1.67. The number of nitrogens with zero attached hydrogens (tertiary/aromatic N) is 1. The van der Waals surface area contributed by atoms with E-state index in [4.69, 9.17) is 4.74 Å². The van der Waals surface area contributed by atoms with Crippen LogP contribution in [0.5, 0.6) is 0 Å². The van der Waals surface area contributed by atoms with Crippen LogP contribution in [0.3, 0.4) is 0 Å². The molecule has 0 spiro atoms. The van der Waals surface area contributed by atoms with Crippen LogP contribution in [0.15, 0.2) is 0 Å². The number of hydrogen-bond donors (Lipinski definition) is 3. The third-order valence-corrected chi connectivity index (χ3v) is 3.50. The lowest BCUT2D eigenvalue weighted by Gasteiger charge is -2.23. The van der Waals surface area contributed by atoms with Crippen LogP contribution < -0.4 is 10.6 Å². The van der Waals surface area contributed by atoms with E-state index in [1.165, 1.54) is 0 Å². The van der Waals surface area contributed by atoms with Crippen molar-refractivity contribution in [1.29, 1.82) is 0 Å². The zero-order chi connectivity index (χ0) is 12.8. The number of nitrogens with one attached hydrogen (secondary N) is 2. The summed E-state index contributed by atoms with van der Waals surface area (Å²) in [5.74, 6) is -0.0165. The smallest absolute Gasteiger partial charge is 0.234 e. The topological polar surface area (TPSA) is 73.8 Å². The number of amides is 1. The van der Waals surface area contributed by atoms with E-state index in [9.17, 15) is 9.90 Å². The van der Waals surface area contributed by atoms with Crippen LogP contribution in [-0.4, -0.2) is 74.0 Å². The maximum absolute atomic E-state index is 11.8. The van der Waals surface area contributed by atoms with E-state index >= 15 is 0 Å². The molecule has 2 aliphatic heterocycles. The fourth-order valence-corrected chi connectivity index (χ4v) is 2.32. The molecule has 1 unspecified atom stereocenters. The molecule has 0 saturated carbocycles. The number of aliphatic hydroxyl groups is 1. The first-order valence-corrected chi connectivity index (χ1v) is 6.68. The molecule has 0 aliphatic carbocycles. The summed E-state index contributed by atoms with van der Waals surface area (Å²) >= 11 is 0. The first kappa shape index (κ1) is 13.7. The minimum absolute atomic E-state index is 0.0165. The molecule has 6 heteroatoms. The molecular formula is C12H23N3O3. The number of carbonyl (C=O) groups excluding carboxylic acids is 1. The Morgan fingerprint density at radius 3 is 3.11 bits per heavy atom. The van der Waals surface area contributed by atoms with E-state index in [0.717, 1.165) is 32.6 Å². The number of carbonyl (C=O) groups is 1. The molecule has 2 rings (SSSR count). The second kappa shape index (κ2) is 6.47. The summed E-state index contributed by atoms with van der Waals surface area (Å²) in [5, 5.41) is 16.1. The maximum Gasteiger partial charge on any atom is 0.234 e. The standard InChI is InChI=1S/C12H23N3O3/c16-11(8-15-5-1-3-13-4-6-15)14-9-12(17)2-7-18-10-12/h13,17H,1-10H2,(H,14,16). The Morgan fingerprint density at radius 1 is 1.44 bits per heavy atom. The molecule has 0 radical (unpaired) electrons. The Hall–Kier alpha value is -0.690. The third kappa shape index (κ3) is 4.20. The Bertz CT molecular complexity index is 272. The molecule has 0 aromatic carbocycles. The lowest BCUT2D eigenvalue weighted by Crippen LogP contribution is -2.46. The molecule has 3 N–H and O–H groups in total. The van der Waals surface area contributed by atoms with Crippen LogP contribution in [0, 0.1) is 0 Å². The van der Waals surface area contributed by atoms with Crippen molar-refractivity contribution in [2.45, 2.75) is 18.4 Å². The van der Waals surface area contributed by atoms with Crippen LogP contribution in [0.25, 0.3) is 0 Å². The predicted molar refractivity (Wildman–Crippen MR) is 67.3 cm³/mol. The average molecular weight is 257 g/mol. The summed E-state index contributed by atoms with van der Waals surface area (Å²) in [7, 11) is 0. The van der Waals surface area contributed by atoms with Gasteiger partial charge in [0.05, 0.1) is 13.2 Å². The normalized spacial score (nSPS) is 30.1. The SMILES string of the molecule is O=C(CN1CCCNCC1)NCC1(O)CCOC1. The van der Waals surface area contributed by atoms with Gasteiger partial charge in [0.1, 0.15) is 5.60 Å². The highest BCUT2D eigenvalue weighted by Gasteiger charge is 2.32. The highest BCUT2D eigenvalue weighted by molar-refractivity contribution is 5.78. The van der Waals surface area contributed by atoms with Crippen molar-refractivity contribution in [1.82, 2.24) is 15.5 Å². The van der Waals surface area contributed by atoms with E-state index in [2.05, 4.69) is 15.5 Å². The average Bonchev–Trinajstić information content (AvgIpc) is 2.62. The van der Waals surface area contributed by atoms with Gasteiger partial charge in [-0.3, -0.25) is 9.69 Å². The predicted octanol–water partition coefficient (Wildman–Crippen LogP) is -1.45. The van der Waals surface area contributed by atoms with Gasteiger partial charge >= 0.3 is 0 Å². The molecular weight excluding hydrogens is 234 g/mol. The summed E-state index contributed by atoms with van der Waals surface area (Å²) in [6.07, 6.45) is 1.67. The van der Waals surface area contributed by atoms with Gasteiger partial charge in [0.15, 0.2) is 0 Å². The molecule has 18 heavy (non-hydrogen) atoms. The van der Waals surface area contributed by atoms with E-state index in [1.54, 1.807) is 0 Å². The van der Waals surface area contributed by atoms with Gasteiger partial charge in [0, 0.05) is 32.7 Å². The van der Waals surface area contributed by atoms with Gasteiger partial charge in [-0.2, -0.15) is 0 Å². The van der Waals surface area contributed by atoms with Crippen LogP contribution >= 0.6 is 0 Å². The molecule has 2 saturated heterocycles. The van der Waals surface area contributed by atoms with Crippen molar-refractivity contribution in [2.75, 3.05) is 52.5 Å². The first-order chi connectivity index (χ1) is 8.68. The molecule has 104 valence electrons. The minimum Gasteiger partial charge on any atom is -0.386 e. The lowest BCUT2D eigenvalue weighted by molar-refractivity contribution is -0.123. The molecule has 2 aliphatic rings.